The number of halogens is 1. The van der Waals surface area contributed by atoms with Gasteiger partial charge in [0.2, 0.25) is 0 Å². The molecule has 0 amide bonds. The smallest absolute Gasteiger partial charge is 0.315 e. The van der Waals surface area contributed by atoms with Crippen LogP contribution in [0.5, 0.6) is 5.75 Å². The Labute approximate surface area is 217 Å². The third kappa shape index (κ3) is 3.10. The third-order valence-electron chi connectivity index (χ3n) is 8.20. The van der Waals surface area contributed by atoms with Crippen LogP contribution in [-0.2, 0) is 16.1 Å². The predicted molar refractivity (Wildman–Crippen MR) is 135 cm³/mol. The van der Waals surface area contributed by atoms with Crippen molar-refractivity contribution in [3.05, 3.63) is 78.7 Å². The van der Waals surface area contributed by atoms with Gasteiger partial charge in [-0.2, -0.15) is 0 Å². The minimum Gasteiger partial charge on any atom is -0.481 e. The van der Waals surface area contributed by atoms with Crippen LogP contribution in [-0.4, -0.2) is 26.9 Å². The van der Waals surface area contributed by atoms with Gasteiger partial charge >= 0.3 is 16.8 Å². The molecule has 3 aromatic rings. The van der Waals surface area contributed by atoms with E-state index in [1.807, 2.05) is 47.0 Å². The fraction of sp³-hybridized carbons (Fsp3) is 0.346. The second kappa shape index (κ2) is 7.82. The molecule has 2 saturated carbocycles. The van der Waals surface area contributed by atoms with Crippen molar-refractivity contribution in [2.45, 2.75) is 29.2 Å². The first-order valence-electron chi connectivity index (χ1n) is 11.6. The largest absolute Gasteiger partial charge is 0.481 e. The Kier molecular flexibility index (Phi) is 4.89. The van der Waals surface area contributed by atoms with Crippen LogP contribution in [0, 0.1) is 29.6 Å². The number of carboxylic acids is 1. The molecule has 2 aliphatic heterocycles. The van der Waals surface area contributed by atoms with Crippen molar-refractivity contribution >= 4 is 51.0 Å². The minimum atomic E-state index is -0.926. The zero-order chi connectivity index (χ0) is 24.0. The van der Waals surface area contributed by atoms with Gasteiger partial charge in [0, 0.05) is 26.1 Å². The number of thioether (sulfide) groups is 1. The van der Waals surface area contributed by atoms with Gasteiger partial charge in [0.1, 0.15) is 5.75 Å². The number of hydrogen-bond acceptors (Lipinski definition) is 6. The highest BCUT2D eigenvalue weighted by molar-refractivity contribution is 9.10. The number of carbonyl (C=O) groups is 2. The van der Waals surface area contributed by atoms with E-state index in [1.165, 1.54) is 11.3 Å². The monoisotopic (exact) mass is 569 g/mol. The molecular weight excluding hydrogens is 550 g/mol. The fourth-order valence-corrected chi connectivity index (χ4v) is 10.5. The number of ether oxygens (including phenoxy) is 1. The molecule has 0 unspecified atom stereocenters. The summed E-state index contributed by atoms with van der Waals surface area (Å²) in [5, 5.41) is 11.1. The molecule has 9 heteroatoms. The van der Waals surface area contributed by atoms with Crippen LogP contribution in [0.1, 0.15) is 28.3 Å². The lowest BCUT2D eigenvalue weighted by Gasteiger charge is -2.46. The Morgan fingerprint density at radius 2 is 1.94 bits per heavy atom. The SMILES string of the molecule is O=C1Oc2ccc(Br)cc2[C@@H]2c3sc(=O)n(Cc4ccccc4)c3S[C@H]3[C@H]4C[C@H]([C@@H]1[C@H]4C(=O)O)[C@@H]23. The Balaban J connectivity index is 1.45. The number of benzene rings is 2. The molecule has 4 aliphatic rings. The van der Waals surface area contributed by atoms with Crippen LogP contribution >= 0.6 is 39.0 Å². The van der Waals surface area contributed by atoms with Crippen LogP contribution in [0.15, 0.2) is 62.8 Å². The van der Waals surface area contributed by atoms with Crippen LogP contribution in [0.3, 0.4) is 0 Å². The van der Waals surface area contributed by atoms with E-state index in [4.69, 9.17) is 4.74 Å². The summed E-state index contributed by atoms with van der Waals surface area (Å²) in [7, 11) is 0. The number of carboxylic acid groups (broad SMARTS) is 1. The van der Waals surface area contributed by atoms with Crippen molar-refractivity contribution in [1.29, 1.82) is 0 Å². The summed E-state index contributed by atoms with van der Waals surface area (Å²) in [5.74, 6) is -2.53. The highest BCUT2D eigenvalue weighted by Gasteiger charge is 2.67. The molecule has 2 fully saturated rings. The predicted octanol–water partition coefficient (Wildman–Crippen LogP) is 4.83. The van der Waals surface area contributed by atoms with E-state index < -0.39 is 23.8 Å². The average Bonchev–Trinajstić information content (AvgIpc) is 3.49. The number of esters is 1. The molecule has 7 rings (SSSR count). The molecule has 6 nitrogen and oxygen atoms in total. The van der Waals surface area contributed by atoms with Gasteiger partial charge < -0.3 is 9.84 Å². The van der Waals surface area contributed by atoms with Gasteiger partial charge in [-0.3, -0.25) is 19.0 Å². The molecule has 1 aromatic heterocycles. The number of fused-ring (bicyclic) bond motifs is 6. The van der Waals surface area contributed by atoms with Crippen molar-refractivity contribution < 1.29 is 19.4 Å². The normalized spacial score (nSPS) is 31.8. The summed E-state index contributed by atoms with van der Waals surface area (Å²) >= 11 is 6.52. The summed E-state index contributed by atoms with van der Waals surface area (Å²) in [6.45, 7) is 0.474. The molecule has 7 atom stereocenters. The van der Waals surface area contributed by atoms with E-state index in [-0.39, 0.29) is 33.8 Å². The van der Waals surface area contributed by atoms with E-state index in [0.29, 0.717) is 18.7 Å². The van der Waals surface area contributed by atoms with Gasteiger partial charge in [0.05, 0.1) is 23.4 Å². The van der Waals surface area contributed by atoms with Crippen molar-refractivity contribution in [3.63, 3.8) is 0 Å². The van der Waals surface area contributed by atoms with Crippen LogP contribution in [0.4, 0.5) is 0 Å². The lowest BCUT2D eigenvalue weighted by atomic mass is 9.66. The molecule has 35 heavy (non-hydrogen) atoms. The topological polar surface area (TPSA) is 85.6 Å². The van der Waals surface area contributed by atoms with Gasteiger partial charge in [-0.25, -0.2) is 0 Å². The molecule has 3 heterocycles. The molecule has 0 spiro atoms. The Morgan fingerprint density at radius 1 is 1.14 bits per heavy atom. The summed E-state index contributed by atoms with van der Waals surface area (Å²) in [4.78, 5) is 39.9. The van der Waals surface area contributed by atoms with Crippen LogP contribution in [0.2, 0.25) is 0 Å². The summed E-state index contributed by atoms with van der Waals surface area (Å²) in [5.41, 5.74) is 1.94. The standard InChI is InChI=1S/C26H20BrNO5S2/c27-12-6-7-16-13(8-12)17-18-14-9-15(19(24(29)30)20(14)25(31)33-16)21(18)34-23-22(17)35-26(32)28(23)10-11-4-2-1-3-5-11/h1-8,14-15,17-21H,9-10H2,(H,29,30)/t14-,15-,17-,18-,19-,20+,21-/m0/s1. The molecule has 1 N–H and O–H groups in total. The number of aliphatic carboxylic acids is 1. The third-order valence-corrected chi connectivity index (χ3v) is 11.5. The molecule has 2 aromatic carbocycles. The Morgan fingerprint density at radius 3 is 2.71 bits per heavy atom. The van der Waals surface area contributed by atoms with Gasteiger partial charge in [-0.1, -0.05) is 57.6 Å². The summed E-state index contributed by atoms with van der Waals surface area (Å²) in [6, 6.07) is 15.5. The first-order valence-corrected chi connectivity index (χ1v) is 14.1. The van der Waals surface area contributed by atoms with E-state index in [9.17, 15) is 19.5 Å². The van der Waals surface area contributed by atoms with Crippen LogP contribution in [0.25, 0.3) is 0 Å². The molecule has 2 aliphatic carbocycles. The Hall–Kier alpha value is -2.36. The molecule has 2 bridgehead atoms. The van der Waals surface area contributed by atoms with Crippen molar-refractivity contribution in [2.75, 3.05) is 0 Å². The minimum absolute atomic E-state index is 0.0133. The fourth-order valence-electron chi connectivity index (χ4n) is 6.98. The average molecular weight is 570 g/mol. The van der Waals surface area contributed by atoms with E-state index >= 15 is 0 Å². The van der Waals surface area contributed by atoms with E-state index in [2.05, 4.69) is 15.9 Å². The second-order valence-electron chi connectivity index (χ2n) is 9.80. The maximum atomic E-state index is 13.3. The van der Waals surface area contributed by atoms with Crippen LogP contribution < -0.4 is 9.61 Å². The second-order valence-corrected chi connectivity index (χ2v) is 12.9. The lowest BCUT2D eigenvalue weighted by Crippen LogP contribution is -2.49. The highest BCUT2D eigenvalue weighted by Crippen LogP contribution is 2.68. The van der Waals surface area contributed by atoms with Crippen molar-refractivity contribution in [3.8, 4) is 5.75 Å². The number of hydrogen-bond donors (Lipinski definition) is 1. The first kappa shape index (κ1) is 21.9. The van der Waals surface area contributed by atoms with E-state index in [0.717, 1.165) is 25.5 Å². The van der Waals surface area contributed by atoms with Crippen molar-refractivity contribution in [1.82, 2.24) is 4.57 Å². The van der Waals surface area contributed by atoms with Gasteiger partial charge in [0.25, 0.3) is 0 Å². The van der Waals surface area contributed by atoms with Gasteiger partial charge in [-0.15, -0.1) is 11.8 Å². The number of thiazole rings is 1. The molecular formula is C26H20BrNO5S2. The first-order chi connectivity index (χ1) is 16.9. The van der Waals surface area contributed by atoms with Gasteiger partial charge in [0.15, 0.2) is 0 Å². The maximum Gasteiger partial charge on any atom is 0.315 e. The number of aromatic nitrogens is 1. The number of carbonyl (C=O) groups excluding carboxylic acids is 1. The molecule has 0 saturated heterocycles. The summed E-state index contributed by atoms with van der Waals surface area (Å²) < 4.78 is 8.61. The number of nitrogens with zero attached hydrogens (tertiary/aromatic N) is 1. The lowest BCUT2D eigenvalue weighted by molar-refractivity contribution is -0.156. The Bertz CT molecular complexity index is 1450. The molecule has 0 radical (unpaired) electrons. The zero-order valence-corrected chi connectivity index (χ0v) is 21.5. The zero-order valence-electron chi connectivity index (χ0n) is 18.3. The van der Waals surface area contributed by atoms with Crippen molar-refractivity contribution in [2.24, 2.45) is 29.6 Å². The maximum absolute atomic E-state index is 13.3. The van der Waals surface area contributed by atoms with E-state index in [1.54, 1.807) is 17.8 Å². The molecule has 178 valence electrons. The number of rotatable bonds is 3. The highest BCUT2D eigenvalue weighted by atomic mass is 79.9. The van der Waals surface area contributed by atoms with Gasteiger partial charge in [-0.05, 0) is 47.9 Å². The quantitative estimate of drug-likeness (QED) is 0.359. The summed E-state index contributed by atoms with van der Waals surface area (Å²) in [6.07, 6.45) is 0.705.